The number of carbonyl (C=O) groups excluding carboxylic acids is 2. The third-order valence-corrected chi connectivity index (χ3v) is 5.99. The van der Waals surface area contributed by atoms with Crippen LogP contribution in [0.5, 0.6) is 0 Å². The largest absolute Gasteiger partial charge is 0.234 e. The van der Waals surface area contributed by atoms with E-state index < -0.39 is 0 Å². The molecule has 2 fully saturated rings. The van der Waals surface area contributed by atoms with Crippen LogP contribution in [0.15, 0.2) is 9.98 Å². The second kappa shape index (κ2) is 9.02. The molecule has 2 aliphatic carbocycles. The Balaban J connectivity index is 2.31. The van der Waals surface area contributed by atoms with Gasteiger partial charge in [-0.2, -0.15) is 0 Å². The summed E-state index contributed by atoms with van der Waals surface area (Å²) in [5, 5.41) is 0. The van der Waals surface area contributed by atoms with Gasteiger partial charge in [0, 0.05) is 0 Å². The maximum atomic E-state index is 10.8. The molecule has 122 valence electrons. The lowest BCUT2D eigenvalue weighted by Crippen LogP contribution is -2.42. The predicted octanol–water partition coefficient (Wildman–Crippen LogP) is 4.20. The second-order valence-corrected chi connectivity index (χ2v) is 7.06. The molecule has 0 aromatic rings. The fourth-order valence-corrected chi connectivity index (χ4v) is 4.84. The third kappa shape index (κ3) is 4.15. The first-order valence-corrected chi connectivity index (χ1v) is 8.91. The van der Waals surface area contributed by atoms with E-state index in [1.165, 1.54) is 57.8 Å². The van der Waals surface area contributed by atoms with Crippen molar-refractivity contribution >= 4 is 12.2 Å². The summed E-state index contributed by atoms with van der Waals surface area (Å²) >= 11 is 0. The van der Waals surface area contributed by atoms with Gasteiger partial charge in [0.1, 0.15) is 0 Å². The molecule has 0 aliphatic heterocycles. The van der Waals surface area contributed by atoms with Crippen molar-refractivity contribution < 1.29 is 9.59 Å². The van der Waals surface area contributed by atoms with Crippen molar-refractivity contribution in [2.45, 2.75) is 70.6 Å². The highest BCUT2D eigenvalue weighted by Crippen LogP contribution is 2.50. The van der Waals surface area contributed by atoms with Gasteiger partial charge in [0.25, 0.3) is 0 Å². The lowest BCUT2D eigenvalue weighted by atomic mass is 9.61. The van der Waals surface area contributed by atoms with E-state index in [9.17, 15) is 9.59 Å². The van der Waals surface area contributed by atoms with Crippen LogP contribution in [0.1, 0.15) is 70.6 Å². The van der Waals surface area contributed by atoms with Crippen LogP contribution >= 0.6 is 0 Å². The minimum atomic E-state index is 0.0403. The highest BCUT2D eigenvalue weighted by atomic mass is 16.1. The Morgan fingerprint density at radius 3 is 2.14 bits per heavy atom. The molecule has 0 heterocycles. The molecule has 0 saturated heterocycles. The fourth-order valence-electron chi connectivity index (χ4n) is 4.84. The lowest BCUT2D eigenvalue weighted by molar-refractivity contribution is 0.0625. The van der Waals surface area contributed by atoms with E-state index in [1.807, 2.05) is 0 Å². The van der Waals surface area contributed by atoms with E-state index >= 15 is 0 Å². The maximum absolute atomic E-state index is 10.8. The first kappa shape index (κ1) is 17.1. The van der Waals surface area contributed by atoms with Crippen LogP contribution in [-0.2, 0) is 9.59 Å². The van der Waals surface area contributed by atoms with Crippen molar-refractivity contribution in [3.05, 3.63) is 0 Å². The van der Waals surface area contributed by atoms with Crippen molar-refractivity contribution in [2.24, 2.45) is 27.2 Å². The Labute approximate surface area is 133 Å². The van der Waals surface area contributed by atoms with Gasteiger partial charge < -0.3 is 0 Å². The van der Waals surface area contributed by atoms with E-state index in [0.717, 1.165) is 12.8 Å². The molecule has 22 heavy (non-hydrogen) atoms. The molecule has 4 heteroatoms. The molecule has 0 aromatic heterocycles. The fraction of sp³-hybridized carbons (Fsp3) is 0.889. The summed E-state index contributed by atoms with van der Waals surface area (Å²) in [7, 11) is 0. The summed E-state index contributed by atoms with van der Waals surface area (Å²) in [5.74, 6) is 0.966. The van der Waals surface area contributed by atoms with E-state index in [-0.39, 0.29) is 5.41 Å². The average Bonchev–Trinajstić information content (AvgIpc) is 2.92. The molecule has 0 spiro atoms. The summed E-state index contributed by atoms with van der Waals surface area (Å²) < 4.78 is 0. The van der Waals surface area contributed by atoms with Gasteiger partial charge in [0.15, 0.2) is 0 Å². The smallest absolute Gasteiger partial charge is 0.211 e. The molecule has 2 saturated carbocycles. The van der Waals surface area contributed by atoms with Crippen LogP contribution < -0.4 is 0 Å². The summed E-state index contributed by atoms with van der Waals surface area (Å²) in [6, 6.07) is 0. The lowest BCUT2D eigenvalue weighted by Gasteiger charge is -2.44. The minimum Gasteiger partial charge on any atom is -0.211 e. The average molecular weight is 304 g/mol. The van der Waals surface area contributed by atoms with Gasteiger partial charge in [0.2, 0.25) is 12.2 Å². The zero-order chi connectivity index (χ0) is 15.7. The van der Waals surface area contributed by atoms with Crippen LogP contribution in [-0.4, -0.2) is 25.2 Å². The highest BCUT2D eigenvalue weighted by Gasteiger charge is 2.45. The number of aliphatic imine (C=N–C) groups is 2. The predicted molar refractivity (Wildman–Crippen MR) is 86.2 cm³/mol. The molecule has 0 N–H and O–H groups in total. The van der Waals surface area contributed by atoms with E-state index in [2.05, 4.69) is 9.98 Å². The number of isocyanates is 2. The molecule has 0 aromatic carbocycles. The maximum Gasteiger partial charge on any atom is 0.234 e. The van der Waals surface area contributed by atoms with Crippen LogP contribution in [0.4, 0.5) is 0 Å². The Hall–Kier alpha value is -1.24. The number of rotatable bonds is 5. The molecule has 0 radical (unpaired) electrons. The Bertz CT molecular complexity index is 430. The van der Waals surface area contributed by atoms with Gasteiger partial charge in [0.05, 0.1) is 13.1 Å². The summed E-state index contributed by atoms with van der Waals surface area (Å²) in [5.41, 5.74) is 0.0403. The SMILES string of the molecule is O=C=NCC1CCCCCC1(CN=C=O)C1CCCCCC1. The topological polar surface area (TPSA) is 58.9 Å². The van der Waals surface area contributed by atoms with Crippen molar-refractivity contribution in [3.8, 4) is 0 Å². The van der Waals surface area contributed by atoms with Crippen molar-refractivity contribution in [3.63, 3.8) is 0 Å². The number of hydrogen-bond donors (Lipinski definition) is 0. The van der Waals surface area contributed by atoms with Gasteiger partial charge in [-0.25, -0.2) is 19.6 Å². The first-order valence-electron chi connectivity index (χ1n) is 8.91. The Morgan fingerprint density at radius 2 is 1.45 bits per heavy atom. The van der Waals surface area contributed by atoms with Gasteiger partial charge in [-0.15, -0.1) is 0 Å². The van der Waals surface area contributed by atoms with Crippen LogP contribution in [0.2, 0.25) is 0 Å². The van der Waals surface area contributed by atoms with Crippen molar-refractivity contribution in [2.75, 3.05) is 13.1 Å². The highest BCUT2D eigenvalue weighted by molar-refractivity contribution is 5.33. The molecule has 2 unspecified atom stereocenters. The molecular formula is C18H28N2O2. The van der Waals surface area contributed by atoms with Gasteiger partial charge >= 0.3 is 0 Å². The van der Waals surface area contributed by atoms with Gasteiger partial charge in [-0.3, -0.25) is 0 Å². The standard InChI is InChI=1S/C18H28N2O2/c21-14-19-12-17-10-6-3-7-11-18(17,13-20-15-22)16-8-4-1-2-5-9-16/h16-17H,1-13H2. The summed E-state index contributed by atoms with van der Waals surface area (Å²) in [4.78, 5) is 29.3. The van der Waals surface area contributed by atoms with Crippen LogP contribution in [0.25, 0.3) is 0 Å². The van der Waals surface area contributed by atoms with E-state index in [1.54, 1.807) is 12.2 Å². The Kier molecular flexibility index (Phi) is 7.02. The number of nitrogens with zero attached hydrogens (tertiary/aromatic N) is 2. The molecule has 2 aliphatic rings. The van der Waals surface area contributed by atoms with Crippen molar-refractivity contribution in [1.82, 2.24) is 0 Å². The van der Waals surface area contributed by atoms with E-state index in [4.69, 9.17) is 0 Å². The second-order valence-electron chi connectivity index (χ2n) is 7.06. The van der Waals surface area contributed by atoms with Gasteiger partial charge in [-0.05, 0) is 42.9 Å². The molecule has 2 rings (SSSR count). The summed E-state index contributed by atoms with van der Waals surface area (Å²) in [6.07, 6.45) is 17.0. The minimum absolute atomic E-state index is 0.0403. The van der Waals surface area contributed by atoms with Crippen LogP contribution in [0.3, 0.4) is 0 Å². The molecule has 4 nitrogen and oxygen atoms in total. The zero-order valence-corrected chi connectivity index (χ0v) is 13.6. The Morgan fingerprint density at radius 1 is 0.818 bits per heavy atom. The number of hydrogen-bond acceptors (Lipinski definition) is 4. The molecule has 0 amide bonds. The first-order chi connectivity index (χ1) is 10.8. The molecule has 2 atom stereocenters. The van der Waals surface area contributed by atoms with Crippen molar-refractivity contribution in [1.29, 1.82) is 0 Å². The van der Waals surface area contributed by atoms with Gasteiger partial charge in [-0.1, -0.05) is 44.9 Å². The molecular weight excluding hydrogens is 276 g/mol. The normalized spacial score (nSPS) is 30.5. The van der Waals surface area contributed by atoms with E-state index in [0.29, 0.717) is 24.9 Å². The monoisotopic (exact) mass is 304 g/mol. The zero-order valence-electron chi connectivity index (χ0n) is 13.6. The quantitative estimate of drug-likeness (QED) is 0.434. The third-order valence-electron chi connectivity index (χ3n) is 5.99. The summed E-state index contributed by atoms with van der Waals surface area (Å²) in [6.45, 7) is 1.12. The van der Waals surface area contributed by atoms with Crippen LogP contribution in [0, 0.1) is 17.3 Å². The molecule has 0 bridgehead atoms.